The van der Waals surface area contributed by atoms with Crippen LogP contribution in [-0.2, 0) is 0 Å². The molecule has 0 spiro atoms. The molecule has 0 aliphatic rings. The van der Waals surface area contributed by atoms with E-state index in [2.05, 4.69) is 0 Å². The molecule has 0 fully saturated rings. The smallest absolute Gasteiger partial charge is 0.235 e. The van der Waals surface area contributed by atoms with Gasteiger partial charge in [0.1, 0.15) is 5.58 Å². The van der Waals surface area contributed by atoms with E-state index in [-0.39, 0.29) is 22.3 Å². The minimum atomic E-state index is -0.761. The molecule has 3 aromatic rings. The van der Waals surface area contributed by atoms with E-state index < -0.39 is 28.4 Å². The first kappa shape index (κ1) is 13.8. The Morgan fingerprint density at radius 3 is 2.36 bits per heavy atom. The van der Waals surface area contributed by atoms with E-state index in [1.165, 1.54) is 6.07 Å². The van der Waals surface area contributed by atoms with Crippen molar-refractivity contribution in [2.45, 2.75) is 6.92 Å². The Morgan fingerprint density at radius 1 is 0.909 bits per heavy atom. The van der Waals surface area contributed by atoms with Gasteiger partial charge in [-0.2, -0.15) is 0 Å². The minimum absolute atomic E-state index is 0.104. The Labute approximate surface area is 124 Å². The minimum Gasteiger partial charge on any atom is -0.504 e. The second-order valence-electron chi connectivity index (χ2n) is 4.94. The summed E-state index contributed by atoms with van der Waals surface area (Å²) in [7, 11) is 0. The second-order valence-corrected chi connectivity index (χ2v) is 4.94. The number of aromatic hydroxyl groups is 4. The summed E-state index contributed by atoms with van der Waals surface area (Å²) in [5, 5.41) is 39.0. The van der Waals surface area contributed by atoms with Crippen LogP contribution in [-0.4, -0.2) is 20.4 Å². The van der Waals surface area contributed by atoms with Crippen LogP contribution in [0.25, 0.3) is 22.3 Å². The molecule has 112 valence electrons. The lowest BCUT2D eigenvalue weighted by atomic mass is 10.1. The van der Waals surface area contributed by atoms with E-state index in [1.807, 2.05) is 0 Å². The summed E-state index contributed by atoms with van der Waals surface area (Å²) < 4.78 is 5.49. The Hall–Kier alpha value is -3.15. The van der Waals surface area contributed by atoms with Crippen molar-refractivity contribution in [2.24, 2.45) is 0 Å². The molecule has 0 saturated heterocycles. The van der Waals surface area contributed by atoms with Crippen molar-refractivity contribution < 1.29 is 24.8 Å². The third-order valence-electron chi connectivity index (χ3n) is 3.40. The average Bonchev–Trinajstić information content (AvgIpc) is 2.50. The lowest BCUT2D eigenvalue weighted by Crippen LogP contribution is -2.03. The van der Waals surface area contributed by atoms with Gasteiger partial charge in [-0.15, -0.1) is 0 Å². The summed E-state index contributed by atoms with van der Waals surface area (Å²) in [5.41, 5.74) is 0.312. The Balaban J connectivity index is 2.38. The van der Waals surface area contributed by atoms with Crippen LogP contribution in [0.3, 0.4) is 0 Å². The van der Waals surface area contributed by atoms with Gasteiger partial charge in [0, 0.05) is 0 Å². The van der Waals surface area contributed by atoms with E-state index >= 15 is 0 Å². The molecule has 22 heavy (non-hydrogen) atoms. The van der Waals surface area contributed by atoms with Gasteiger partial charge in [-0.05, 0) is 31.2 Å². The first-order chi connectivity index (χ1) is 10.4. The Bertz CT molecular complexity index is 955. The lowest BCUT2D eigenvalue weighted by molar-refractivity contribution is 0.367. The van der Waals surface area contributed by atoms with Gasteiger partial charge in [-0.25, -0.2) is 0 Å². The van der Waals surface area contributed by atoms with E-state index in [0.29, 0.717) is 0 Å². The monoisotopic (exact) mass is 300 g/mol. The van der Waals surface area contributed by atoms with Crippen molar-refractivity contribution >= 4 is 11.0 Å². The summed E-state index contributed by atoms with van der Waals surface area (Å²) >= 11 is 0. The molecular weight excluding hydrogens is 288 g/mol. The van der Waals surface area contributed by atoms with E-state index in [0.717, 1.165) is 11.6 Å². The van der Waals surface area contributed by atoms with Crippen molar-refractivity contribution in [2.75, 3.05) is 0 Å². The number of phenols is 3. The van der Waals surface area contributed by atoms with Gasteiger partial charge in [0.2, 0.25) is 16.9 Å². The maximum absolute atomic E-state index is 12.2. The van der Waals surface area contributed by atoms with Gasteiger partial charge < -0.3 is 24.8 Å². The normalized spacial score (nSPS) is 11.0. The van der Waals surface area contributed by atoms with Crippen LogP contribution >= 0.6 is 0 Å². The highest BCUT2D eigenvalue weighted by Crippen LogP contribution is 2.44. The molecule has 1 heterocycles. The van der Waals surface area contributed by atoms with Crippen LogP contribution in [0, 0.1) is 6.92 Å². The quantitative estimate of drug-likeness (QED) is 0.514. The molecule has 0 radical (unpaired) electrons. The molecular formula is C16H12O6. The third kappa shape index (κ3) is 1.93. The number of hydrogen-bond donors (Lipinski definition) is 4. The molecule has 0 saturated carbocycles. The molecule has 6 nitrogen and oxygen atoms in total. The van der Waals surface area contributed by atoms with Crippen molar-refractivity contribution in [3.05, 3.63) is 46.1 Å². The largest absolute Gasteiger partial charge is 0.504 e. The number of phenolic OH excluding ortho intramolecular Hbond substituents is 3. The molecule has 1 aromatic heterocycles. The molecule has 0 aliphatic heterocycles. The number of rotatable bonds is 1. The maximum atomic E-state index is 12.2. The van der Waals surface area contributed by atoms with Crippen LogP contribution in [0.2, 0.25) is 0 Å². The first-order valence-corrected chi connectivity index (χ1v) is 6.41. The summed E-state index contributed by atoms with van der Waals surface area (Å²) in [6, 6.07) is 7.23. The first-order valence-electron chi connectivity index (χ1n) is 6.41. The van der Waals surface area contributed by atoms with Gasteiger partial charge in [0.05, 0.1) is 10.9 Å². The molecule has 0 atom stereocenters. The molecule has 0 unspecified atom stereocenters. The molecule has 2 aromatic carbocycles. The summed E-state index contributed by atoms with van der Waals surface area (Å²) in [6.45, 7) is 1.80. The number of fused-ring (bicyclic) bond motifs is 1. The van der Waals surface area contributed by atoms with Crippen LogP contribution < -0.4 is 5.43 Å². The molecule has 0 aliphatic carbocycles. The van der Waals surface area contributed by atoms with Crippen molar-refractivity contribution in [1.82, 2.24) is 0 Å². The van der Waals surface area contributed by atoms with Crippen molar-refractivity contribution in [3.63, 3.8) is 0 Å². The van der Waals surface area contributed by atoms with Gasteiger partial charge in [0.25, 0.3) is 0 Å². The predicted octanol–water partition coefficient (Wildman–Crippen LogP) is 2.59. The van der Waals surface area contributed by atoms with Crippen molar-refractivity contribution in [3.8, 4) is 34.3 Å². The molecule has 0 amide bonds. The number of aryl methyl sites for hydroxylation is 1. The fourth-order valence-corrected chi connectivity index (χ4v) is 2.23. The highest BCUT2D eigenvalue weighted by molar-refractivity contribution is 5.84. The fraction of sp³-hybridized carbons (Fsp3) is 0.0625. The molecule has 0 bridgehead atoms. The zero-order chi connectivity index (χ0) is 16.0. The standard InChI is InChI=1S/C16H12O6/c1-7-2-5-11-9(6-7)13(19)15(21)16(22-11)8-3-4-10(17)14(20)12(8)18/h2-6,17-18,20-21H,1H3. The van der Waals surface area contributed by atoms with Gasteiger partial charge in [0.15, 0.2) is 17.3 Å². The number of benzene rings is 2. The van der Waals surface area contributed by atoms with Crippen LogP contribution in [0.5, 0.6) is 23.0 Å². The predicted molar refractivity (Wildman–Crippen MR) is 79.3 cm³/mol. The second kappa shape index (κ2) is 4.70. The van der Waals surface area contributed by atoms with Gasteiger partial charge in [-0.1, -0.05) is 11.6 Å². The summed E-state index contributed by atoms with van der Waals surface area (Å²) in [4.78, 5) is 12.2. The van der Waals surface area contributed by atoms with E-state index in [4.69, 9.17) is 4.42 Å². The number of hydrogen-bond acceptors (Lipinski definition) is 6. The Kier molecular flexibility index (Phi) is 2.95. The molecule has 3 rings (SSSR count). The highest BCUT2D eigenvalue weighted by atomic mass is 16.4. The SMILES string of the molecule is Cc1ccc2oc(-c3ccc(O)c(O)c3O)c(O)c(=O)c2c1. The van der Waals surface area contributed by atoms with Crippen molar-refractivity contribution in [1.29, 1.82) is 0 Å². The van der Waals surface area contributed by atoms with Crippen LogP contribution in [0.1, 0.15) is 5.56 Å². The summed E-state index contributed by atoms with van der Waals surface area (Å²) in [6.07, 6.45) is 0. The molecule has 6 heteroatoms. The van der Waals surface area contributed by atoms with Crippen LogP contribution in [0.15, 0.2) is 39.5 Å². The van der Waals surface area contributed by atoms with Crippen LogP contribution in [0.4, 0.5) is 0 Å². The Morgan fingerprint density at radius 2 is 1.64 bits per heavy atom. The zero-order valence-corrected chi connectivity index (χ0v) is 11.5. The maximum Gasteiger partial charge on any atom is 0.235 e. The van der Waals surface area contributed by atoms with Gasteiger partial charge in [-0.3, -0.25) is 4.79 Å². The topological polar surface area (TPSA) is 111 Å². The highest BCUT2D eigenvalue weighted by Gasteiger charge is 2.21. The van der Waals surface area contributed by atoms with Gasteiger partial charge >= 0.3 is 0 Å². The molecule has 4 N–H and O–H groups in total. The lowest BCUT2D eigenvalue weighted by Gasteiger charge is -2.09. The summed E-state index contributed by atoms with van der Waals surface area (Å²) in [5.74, 6) is -2.94. The fourth-order valence-electron chi connectivity index (χ4n) is 2.23. The average molecular weight is 300 g/mol. The van der Waals surface area contributed by atoms with E-state index in [1.54, 1.807) is 25.1 Å². The zero-order valence-electron chi connectivity index (χ0n) is 11.5. The third-order valence-corrected chi connectivity index (χ3v) is 3.40. The van der Waals surface area contributed by atoms with E-state index in [9.17, 15) is 25.2 Å².